The lowest BCUT2D eigenvalue weighted by Crippen LogP contribution is -2.53. The summed E-state index contributed by atoms with van der Waals surface area (Å²) in [4.78, 5) is 26.9. The van der Waals surface area contributed by atoms with Gasteiger partial charge in [0.15, 0.2) is 0 Å². The molecule has 8 nitrogen and oxygen atoms in total. The lowest BCUT2D eigenvalue weighted by Gasteiger charge is -2.35. The van der Waals surface area contributed by atoms with Crippen molar-refractivity contribution in [1.29, 1.82) is 0 Å². The number of amides is 2. The van der Waals surface area contributed by atoms with Gasteiger partial charge in [-0.15, -0.1) is 0 Å². The molecule has 2 aromatic heterocycles. The van der Waals surface area contributed by atoms with Crippen LogP contribution in [0, 0.1) is 0 Å². The average Bonchev–Trinajstić information content (AvgIpc) is 3.16. The third kappa shape index (κ3) is 4.27. The Bertz CT molecular complexity index is 653. The maximum atomic E-state index is 12.5. The summed E-state index contributed by atoms with van der Waals surface area (Å²) in [6, 6.07) is 5.55. The van der Waals surface area contributed by atoms with E-state index >= 15 is 0 Å². The number of rotatable bonds is 5. The summed E-state index contributed by atoms with van der Waals surface area (Å²) in [6.45, 7) is 3.26. The number of urea groups is 1. The molecule has 1 fully saturated rings. The number of likely N-dealkylation sites (N-methyl/N-ethyl adjacent to an activating group) is 1. The van der Waals surface area contributed by atoms with Crippen LogP contribution in [0.5, 0.6) is 0 Å². The first-order valence-corrected chi connectivity index (χ1v) is 8.39. The van der Waals surface area contributed by atoms with Crippen molar-refractivity contribution in [2.45, 2.75) is 6.04 Å². The fraction of sp³-hybridized carbons (Fsp3) is 0.471. The molecule has 1 saturated heterocycles. The Morgan fingerprint density at radius 3 is 2.56 bits per heavy atom. The van der Waals surface area contributed by atoms with Crippen molar-refractivity contribution in [3.8, 4) is 0 Å². The van der Waals surface area contributed by atoms with Gasteiger partial charge in [0, 0.05) is 45.1 Å². The first-order chi connectivity index (χ1) is 12.1. The van der Waals surface area contributed by atoms with Gasteiger partial charge < -0.3 is 19.5 Å². The van der Waals surface area contributed by atoms with Crippen LogP contribution in [-0.4, -0.2) is 72.6 Å². The van der Waals surface area contributed by atoms with Crippen LogP contribution < -0.4 is 10.2 Å². The van der Waals surface area contributed by atoms with Crippen LogP contribution in [0.15, 0.2) is 41.3 Å². The summed E-state index contributed by atoms with van der Waals surface area (Å²) in [7, 11) is 3.94. The first-order valence-electron chi connectivity index (χ1n) is 8.39. The van der Waals surface area contributed by atoms with E-state index in [1.165, 1.54) is 0 Å². The molecular weight excluding hydrogens is 320 g/mol. The number of carbonyl (C=O) groups is 1. The number of nitrogens with zero attached hydrogens (tertiary/aromatic N) is 5. The second-order valence-electron chi connectivity index (χ2n) is 6.20. The molecule has 1 aliphatic heterocycles. The van der Waals surface area contributed by atoms with Gasteiger partial charge in [0.25, 0.3) is 0 Å². The quantitative estimate of drug-likeness (QED) is 0.878. The topological polar surface area (TPSA) is 77.7 Å². The Labute approximate surface area is 147 Å². The van der Waals surface area contributed by atoms with E-state index in [1.54, 1.807) is 24.7 Å². The Morgan fingerprint density at radius 1 is 1.24 bits per heavy atom. The maximum Gasteiger partial charge on any atom is 0.317 e. The van der Waals surface area contributed by atoms with Gasteiger partial charge >= 0.3 is 6.03 Å². The number of furan rings is 1. The highest BCUT2D eigenvalue weighted by atomic mass is 16.3. The highest BCUT2D eigenvalue weighted by Crippen LogP contribution is 2.17. The summed E-state index contributed by atoms with van der Waals surface area (Å²) in [5, 5.41) is 3.01. The molecule has 0 bridgehead atoms. The molecule has 0 aromatic carbocycles. The van der Waals surface area contributed by atoms with E-state index < -0.39 is 0 Å². The lowest BCUT2D eigenvalue weighted by molar-refractivity contribution is 0.186. The summed E-state index contributed by atoms with van der Waals surface area (Å²) in [6.07, 6.45) is 5.12. The van der Waals surface area contributed by atoms with Crippen molar-refractivity contribution in [3.05, 3.63) is 42.6 Å². The van der Waals surface area contributed by atoms with Crippen molar-refractivity contribution >= 4 is 12.0 Å². The van der Waals surface area contributed by atoms with Crippen molar-refractivity contribution < 1.29 is 9.21 Å². The van der Waals surface area contributed by atoms with Crippen molar-refractivity contribution in [1.82, 2.24) is 25.1 Å². The smallest absolute Gasteiger partial charge is 0.317 e. The van der Waals surface area contributed by atoms with Crippen molar-refractivity contribution in [3.63, 3.8) is 0 Å². The van der Waals surface area contributed by atoms with Crippen LogP contribution in [0.25, 0.3) is 0 Å². The molecule has 1 atom stereocenters. The fourth-order valence-electron chi connectivity index (χ4n) is 2.88. The van der Waals surface area contributed by atoms with Gasteiger partial charge in [-0.25, -0.2) is 14.8 Å². The molecule has 8 heteroatoms. The summed E-state index contributed by atoms with van der Waals surface area (Å²) >= 11 is 0. The predicted molar refractivity (Wildman–Crippen MR) is 94.4 cm³/mol. The third-order valence-corrected chi connectivity index (χ3v) is 4.34. The highest BCUT2D eigenvalue weighted by Gasteiger charge is 2.24. The molecule has 3 rings (SSSR count). The molecule has 1 aliphatic rings. The summed E-state index contributed by atoms with van der Waals surface area (Å²) in [5.74, 6) is 1.56. The Balaban J connectivity index is 1.49. The monoisotopic (exact) mass is 344 g/mol. The lowest BCUT2D eigenvalue weighted by atomic mass is 10.2. The largest absolute Gasteiger partial charge is 0.468 e. The summed E-state index contributed by atoms with van der Waals surface area (Å²) < 4.78 is 5.47. The molecule has 2 aromatic rings. The minimum absolute atomic E-state index is 0.0120. The number of hydrogen-bond acceptors (Lipinski definition) is 6. The van der Waals surface area contributed by atoms with Crippen molar-refractivity contribution in [2.75, 3.05) is 51.7 Å². The van der Waals surface area contributed by atoms with E-state index in [-0.39, 0.29) is 12.1 Å². The third-order valence-electron chi connectivity index (χ3n) is 4.34. The van der Waals surface area contributed by atoms with E-state index in [1.807, 2.05) is 36.0 Å². The summed E-state index contributed by atoms with van der Waals surface area (Å²) in [5.41, 5.74) is 0. The molecule has 134 valence electrons. The first kappa shape index (κ1) is 17.2. The molecule has 0 saturated carbocycles. The average molecular weight is 344 g/mol. The SMILES string of the molecule is CN(C)[C@H](CNC(=O)N1CCN(c2ncccn2)CC1)c1ccco1. The van der Waals surface area contributed by atoms with Crippen LogP contribution in [0.1, 0.15) is 11.8 Å². The van der Waals surface area contributed by atoms with Crippen LogP contribution in [-0.2, 0) is 0 Å². The zero-order valence-corrected chi connectivity index (χ0v) is 14.6. The maximum absolute atomic E-state index is 12.5. The molecule has 1 N–H and O–H groups in total. The van der Waals surface area contributed by atoms with Gasteiger partial charge in [-0.05, 0) is 32.3 Å². The zero-order valence-electron chi connectivity index (χ0n) is 14.6. The Kier molecular flexibility index (Phi) is 5.49. The minimum atomic E-state index is -0.0490. The fourth-order valence-corrected chi connectivity index (χ4v) is 2.88. The van der Waals surface area contributed by atoms with E-state index in [0.29, 0.717) is 25.6 Å². The molecule has 0 aliphatic carbocycles. The molecule has 0 unspecified atom stereocenters. The van der Waals surface area contributed by atoms with Crippen LogP contribution in [0.4, 0.5) is 10.7 Å². The standard InChI is InChI=1S/C17H24N6O2/c1-21(2)14(15-5-3-12-25-15)13-20-17(24)23-10-8-22(9-11-23)16-18-6-4-7-19-16/h3-7,12,14H,8-11,13H2,1-2H3,(H,20,24)/t14-/m1/s1. The number of anilines is 1. The van der Waals surface area contributed by atoms with Crippen LogP contribution in [0.2, 0.25) is 0 Å². The number of hydrogen-bond donors (Lipinski definition) is 1. The van der Waals surface area contributed by atoms with Gasteiger partial charge in [0.05, 0.1) is 12.3 Å². The number of carbonyl (C=O) groups excluding carboxylic acids is 1. The molecule has 0 radical (unpaired) electrons. The number of piperazine rings is 1. The van der Waals surface area contributed by atoms with Crippen LogP contribution >= 0.6 is 0 Å². The van der Waals surface area contributed by atoms with Gasteiger partial charge in [0.2, 0.25) is 5.95 Å². The van der Waals surface area contributed by atoms with Gasteiger partial charge in [0.1, 0.15) is 5.76 Å². The molecule has 2 amide bonds. The second kappa shape index (κ2) is 7.98. The molecule has 3 heterocycles. The number of nitrogens with one attached hydrogen (secondary N) is 1. The van der Waals surface area contributed by atoms with E-state index in [9.17, 15) is 4.79 Å². The van der Waals surface area contributed by atoms with Gasteiger partial charge in [-0.1, -0.05) is 0 Å². The van der Waals surface area contributed by atoms with Gasteiger partial charge in [-0.2, -0.15) is 0 Å². The van der Waals surface area contributed by atoms with E-state index in [0.717, 1.165) is 18.8 Å². The molecule has 0 spiro atoms. The van der Waals surface area contributed by atoms with E-state index in [2.05, 4.69) is 20.2 Å². The van der Waals surface area contributed by atoms with Crippen LogP contribution in [0.3, 0.4) is 0 Å². The Morgan fingerprint density at radius 2 is 1.96 bits per heavy atom. The van der Waals surface area contributed by atoms with Crippen molar-refractivity contribution in [2.24, 2.45) is 0 Å². The normalized spacial score (nSPS) is 16.1. The second-order valence-corrected chi connectivity index (χ2v) is 6.20. The number of aromatic nitrogens is 2. The Hall–Kier alpha value is -2.61. The zero-order chi connectivity index (χ0) is 17.6. The van der Waals surface area contributed by atoms with E-state index in [4.69, 9.17) is 4.42 Å². The highest BCUT2D eigenvalue weighted by molar-refractivity contribution is 5.74. The van der Waals surface area contributed by atoms with Gasteiger partial charge in [-0.3, -0.25) is 4.90 Å². The minimum Gasteiger partial charge on any atom is -0.468 e. The molecular formula is C17H24N6O2. The predicted octanol–water partition coefficient (Wildman–Crippen LogP) is 1.20. The molecule has 25 heavy (non-hydrogen) atoms.